The molecule has 5 heteroatoms. The Morgan fingerprint density at radius 3 is 2.92 bits per heavy atom. The molecule has 0 amide bonds. The van der Waals surface area contributed by atoms with E-state index in [0.717, 1.165) is 41.7 Å². The fourth-order valence-electron chi connectivity index (χ4n) is 4.31. The van der Waals surface area contributed by atoms with Crippen LogP contribution in [0.2, 0.25) is 5.02 Å². The summed E-state index contributed by atoms with van der Waals surface area (Å²) in [5.74, 6) is 0.646. The van der Waals surface area contributed by atoms with E-state index in [2.05, 4.69) is 45.5 Å². The van der Waals surface area contributed by atoms with Crippen LogP contribution in [0.15, 0.2) is 34.9 Å². The van der Waals surface area contributed by atoms with Crippen LogP contribution >= 0.6 is 27.5 Å². The molecule has 2 unspecified atom stereocenters. The number of nitriles is 1. The third kappa shape index (κ3) is 3.33. The summed E-state index contributed by atoms with van der Waals surface area (Å²) in [6, 6.07) is 10.8. The topological polar surface area (TPSA) is 48.7 Å². The maximum absolute atomic E-state index is 9.37. The van der Waals surface area contributed by atoms with Crippen molar-refractivity contribution in [1.82, 2.24) is 10.3 Å². The van der Waals surface area contributed by atoms with E-state index in [1.54, 1.807) is 0 Å². The van der Waals surface area contributed by atoms with Crippen LogP contribution < -0.4 is 5.32 Å². The zero-order chi connectivity index (χ0) is 17.4. The van der Waals surface area contributed by atoms with E-state index < -0.39 is 0 Å². The summed E-state index contributed by atoms with van der Waals surface area (Å²) >= 11 is 9.83. The molecule has 128 valence electrons. The molecule has 0 bridgehead atoms. The van der Waals surface area contributed by atoms with Gasteiger partial charge in [0.25, 0.3) is 0 Å². The Balaban J connectivity index is 1.84. The number of hydrogen-bond acceptors (Lipinski definition) is 3. The summed E-state index contributed by atoms with van der Waals surface area (Å²) in [5, 5.41) is 13.5. The Kier molecular flexibility index (Phi) is 4.82. The van der Waals surface area contributed by atoms with Gasteiger partial charge in [0.15, 0.2) is 0 Å². The monoisotopic (exact) mass is 415 g/mol. The van der Waals surface area contributed by atoms with Gasteiger partial charge in [-0.3, -0.25) is 4.98 Å². The van der Waals surface area contributed by atoms with E-state index >= 15 is 0 Å². The van der Waals surface area contributed by atoms with Gasteiger partial charge in [-0.1, -0.05) is 17.7 Å². The van der Waals surface area contributed by atoms with Gasteiger partial charge in [0.2, 0.25) is 0 Å². The lowest BCUT2D eigenvalue weighted by atomic mass is 9.75. The summed E-state index contributed by atoms with van der Waals surface area (Å²) in [4.78, 5) is 4.82. The second-order valence-corrected chi connectivity index (χ2v) is 8.29. The van der Waals surface area contributed by atoms with Crippen molar-refractivity contribution in [3.63, 3.8) is 0 Å². The Morgan fingerprint density at radius 2 is 2.08 bits per heavy atom. The second-order valence-electron chi connectivity index (χ2n) is 6.94. The normalized spacial score (nSPS) is 25.4. The lowest BCUT2D eigenvalue weighted by Gasteiger charge is -2.34. The smallest absolute Gasteiger partial charge is 0.0956 e. The number of fused-ring (bicyclic) bond motifs is 2. The maximum Gasteiger partial charge on any atom is 0.0956 e. The predicted molar refractivity (Wildman–Crippen MR) is 103 cm³/mol. The third-order valence-corrected chi connectivity index (χ3v) is 6.11. The highest BCUT2D eigenvalue weighted by Crippen LogP contribution is 2.43. The van der Waals surface area contributed by atoms with Gasteiger partial charge in [-0.05, 0) is 89.0 Å². The van der Waals surface area contributed by atoms with Crippen molar-refractivity contribution < 1.29 is 0 Å². The molecule has 25 heavy (non-hydrogen) atoms. The number of rotatable bonds is 1. The average Bonchev–Trinajstić information content (AvgIpc) is 2.78. The first-order chi connectivity index (χ1) is 12.2. The fourth-order valence-corrected chi connectivity index (χ4v) is 4.88. The van der Waals surface area contributed by atoms with Crippen LogP contribution in [-0.4, -0.2) is 17.6 Å². The van der Waals surface area contributed by atoms with Crippen molar-refractivity contribution in [2.75, 3.05) is 6.54 Å². The van der Waals surface area contributed by atoms with Gasteiger partial charge in [-0.25, -0.2) is 0 Å². The third-order valence-electron chi connectivity index (χ3n) is 5.44. The number of pyridine rings is 1. The quantitative estimate of drug-likeness (QED) is 0.738. The van der Waals surface area contributed by atoms with Crippen LogP contribution in [0.1, 0.15) is 41.1 Å². The highest BCUT2D eigenvalue weighted by molar-refractivity contribution is 9.10. The van der Waals surface area contributed by atoms with E-state index in [-0.39, 0.29) is 12.0 Å². The van der Waals surface area contributed by atoms with Crippen molar-refractivity contribution >= 4 is 27.5 Å². The number of aromatic nitrogens is 1. The second kappa shape index (κ2) is 7.07. The van der Waals surface area contributed by atoms with Crippen molar-refractivity contribution in [2.45, 2.75) is 37.6 Å². The molecule has 1 aliphatic heterocycles. The molecule has 0 radical (unpaired) electrons. The molecule has 2 aliphatic rings. The van der Waals surface area contributed by atoms with Crippen LogP contribution in [0.25, 0.3) is 0 Å². The molecule has 1 aromatic heterocycles. The van der Waals surface area contributed by atoms with E-state index in [4.69, 9.17) is 16.6 Å². The highest BCUT2D eigenvalue weighted by atomic mass is 79.9. The summed E-state index contributed by atoms with van der Waals surface area (Å²) in [6.07, 6.45) is 5.76. The van der Waals surface area contributed by atoms with Crippen molar-refractivity contribution in [3.05, 3.63) is 62.3 Å². The minimum atomic E-state index is -0.0725. The molecule has 1 fully saturated rings. The minimum Gasteiger partial charge on any atom is -0.302 e. The maximum atomic E-state index is 9.37. The van der Waals surface area contributed by atoms with Gasteiger partial charge in [0.05, 0.1) is 17.8 Å². The van der Waals surface area contributed by atoms with Crippen molar-refractivity contribution in [1.29, 1.82) is 5.26 Å². The van der Waals surface area contributed by atoms with Crippen LogP contribution in [0.5, 0.6) is 0 Å². The number of aryl methyl sites for hydroxylation is 2. The fraction of sp³-hybridized carbons (Fsp3) is 0.400. The zero-order valence-corrected chi connectivity index (χ0v) is 16.1. The first kappa shape index (κ1) is 17.0. The number of hydrogen-bond donors (Lipinski definition) is 1. The highest BCUT2D eigenvalue weighted by Gasteiger charge is 2.35. The number of benzene rings is 1. The van der Waals surface area contributed by atoms with E-state index in [9.17, 15) is 5.26 Å². The lowest BCUT2D eigenvalue weighted by Crippen LogP contribution is -2.39. The average molecular weight is 417 g/mol. The molecule has 0 spiro atoms. The molecular weight excluding hydrogens is 398 g/mol. The Hall–Kier alpha value is -1.41. The van der Waals surface area contributed by atoms with Crippen LogP contribution in [0.4, 0.5) is 0 Å². The largest absolute Gasteiger partial charge is 0.302 e. The summed E-state index contributed by atoms with van der Waals surface area (Å²) in [6.45, 7) is 0.883. The Labute approximate surface area is 161 Å². The van der Waals surface area contributed by atoms with Crippen LogP contribution in [0.3, 0.4) is 0 Å². The number of piperidine rings is 1. The Bertz CT molecular complexity index is 792. The zero-order valence-electron chi connectivity index (χ0n) is 13.8. The first-order valence-electron chi connectivity index (χ1n) is 8.71. The Morgan fingerprint density at radius 1 is 1.24 bits per heavy atom. The number of nitrogens with zero attached hydrogens (tertiary/aromatic N) is 2. The molecule has 3 nitrogen and oxygen atoms in total. The summed E-state index contributed by atoms with van der Waals surface area (Å²) < 4.78 is 1.02. The molecule has 0 saturated carbocycles. The number of nitrogens with one attached hydrogen (secondary N) is 1. The van der Waals surface area contributed by atoms with E-state index in [1.165, 1.54) is 22.4 Å². The summed E-state index contributed by atoms with van der Waals surface area (Å²) in [7, 11) is 0. The predicted octanol–water partition coefficient (Wildman–Crippen LogP) is 4.62. The molecule has 1 aromatic carbocycles. The van der Waals surface area contributed by atoms with Gasteiger partial charge in [-0.2, -0.15) is 5.26 Å². The van der Waals surface area contributed by atoms with E-state index in [1.807, 2.05) is 12.3 Å². The van der Waals surface area contributed by atoms with E-state index in [0.29, 0.717) is 5.92 Å². The van der Waals surface area contributed by atoms with Gasteiger partial charge >= 0.3 is 0 Å². The summed E-state index contributed by atoms with van der Waals surface area (Å²) in [5.41, 5.74) is 5.13. The molecule has 4 rings (SSSR count). The molecule has 1 N–H and O–H groups in total. The molecule has 2 heterocycles. The standard InChI is InChI=1S/C20H19BrClN3/c21-15-7-14-2-1-12-8-16(22)3-4-18(12)19(20(14)25-11-15)13-5-6-24-17(9-13)10-23/h3-4,7-8,11,13,17,19,24H,1-2,5-6,9H2/t13?,17?,19-/m1/s1. The molecule has 1 saturated heterocycles. The van der Waals surface area contributed by atoms with Crippen molar-refractivity contribution in [2.24, 2.45) is 5.92 Å². The molecule has 2 aromatic rings. The van der Waals surface area contributed by atoms with Crippen LogP contribution in [-0.2, 0) is 12.8 Å². The lowest BCUT2D eigenvalue weighted by molar-refractivity contribution is 0.307. The van der Waals surface area contributed by atoms with Gasteiger partial charge in [0, 0.05) is 21.6 Å². The van der Waals surface area contributed by atoms with Crippen LogP contribution in [0, 0.1) is 17.2 Å². The van der Waals surface area contributed by atoms with Gasteiger partial charge < -0.3 is 5.32 Å². The van der Waals surface area contributed by atoms with Gasteiger partial charge in [-0.15, -0.1) is 0 Å². The number of halogens is 2. The van der Waals surface area contributed by atoms with Crippen molar-refractivity contribution in [3.8, 4) is 6.07 Å². The molecule has 1 aliphatic carbocycles. The first-order valence-corrected chi connectivity index (χ1v) is 9.88. The minimum absolute atomic E-state index is 0.0725. The molecular formula is C20H19BrClN3. The SMILES string of the molecule is N#CC1CC([C@@H]2c3ccc(Cl)cc3CCc3cc(Br)cnc32)CCN1. The van der Waals surface area contributed by atoms with Gasteiger partial charge in [0.1, 0.15) is 0 Å². The molecule has 3 atom stereocenters.